The molecule has 24 heavy (non-hydrogen) atoms. The third-order valence-electron chi connectivity index (χ3n) is 4.74. The van der Waals surface area contributed by atoms with Crippen LogP contribution < -0.4 is 10.1 Å². The van der Waals surface area contributed by atoms with Crippen LogP contribution in [0.3, 0.4) is 0 Å². The maximum absolute atomic E-state index is 5.14. The number of rotatable bonds is 6. The molecular weight excluding hydrogens is 306 g/mol. The maximum atomic E-state index is 5.14. The molecule has 0 radical (unpaired) electrons. The summed E-state index contributed by atoms with van der Waals surface area (Å²) in [5.74, 6) is 2.52. The number of anilines is 1. The van der Waals surface area contributed by atoms with Crippen molar-refractivity contribution in [2.75, 3.05) is 25.5 Å². The molecule has 8 nitrogen and oxygen atoms in total. The summed E-state index contributed by atoms with van der Waals surface area (Å²) in [5, 5.41) is 11.9. The van der Waals surface area contributed by atoms with Crippen LogP contribution >= 0.6 is 0 Å². The van der Waals surface area contributed by atoms with Crippen LogP contribution in [0.2, 0.25) is 0 Å². The van der Waals surface area contributed by atoms with Gasteiger partial charge in [-0.25, -0.2) is 9.97 Å². The molecule has 0 atom stereocenters. The van der Waals surface area contributed by atoms with Gasteiger partial charge in [-0.1, -0.05) is 0 Å². The van der Waals surface area contributed by atoms with Crippen molar-refractivity contribution in [2.45, 2.75) is 44.3 Å². The molecular formula is C16H23N7O. The van der Waals surface area contributed by atoms with Crippen molar-refractivity contribution in [1.82, 2.24) is 29.6 Å². The summed E-state index contributed by atoms with van der Waals surface area (Å²) < 4.78 is 7.39. The van der Waals surface area contributed by atoms with E-state index in [1.54, 1.807) is 7.11 Å². The van der Waals surface area contributed by atoms with Crippen molar-refractivity contribution in [3.63, 3.8) is 0 Å². The van der Waals surface area contributed by atoms with Crippen LogP contribution in [0.4, 0.5) is 5.82 Å². The Morgan fingerprint density at radius 3 is 2.79 bits per heavy atom. The van der Waals surface area contributed by atoms with Gasteiger partial charge in [-0.05, 0) is 25.7 Å². The molecule has 0 bridgehead atoms. The smallest absolute Gasteiger partial charge is 0.218 e. The average molecular weight is 329 g/mol. The van der Waals surface area contributed by atoms with Crippen molar-refractivity contribution in [2.24, 2.45) is 0 Å². The highest BCUT2D eigenvalue weighted by atomic mass is 16.5. The first-order valence-electron chi connectivity index (χ1n) is 8.55. The van der Waals surface area contributed by atoms with Gasteiger partial charge in [-0.2, -0.15) is 0 Å². The number of methoxy groups -OCH3 is 1. The Labute approximate surface area is 141 Å². The largest absolute Gasteiger partial charge is 0.481 e. The number of piperidine rings is 1. The number of nitrogens with zero attached hydrogens (tertiary/aromatic N) is 6. The topological polar surface area (TPSA) is 81.0 Å². The van der Waals surface area contributed by atoms with Gasteiger partial charge < -0.3 is 14.6 Å². The van der Waals surface area contributed by atoms with E-state index in [9.17, 15) is 0 Å². The van der Waals surface area contributed by atoms with Crippen LogP contribution in [-0.4, -0.2) is 55.9 Å². The second kappa shape index (κ2) is 6.72. The highest BCUT2D eigenvalue weighted by Gasteiger charge is 2.27. The Hall–Kier alpha value is -2.22. The molecule has 2 aromatic rings. The quantitative estimate of drug-likeness (QED) is 0.860. The molecule has 1 aliphatic carbocycles. The summed E-state index contributed by atoms with van der Waals surface area (Å²) in [7, 11) is 1.62. The average Bonchev–Trinajstić information content (AvgIpc) is 3.36. The fourth-order valence-electron chi connectivity index (χ4n) is 3.21. The number of hydrogen-bond donors (Lipinski definition) is 1. The fourth-order valence-corrected chi connectivity index (χ4v) is 3.21. The Kier molecular flexibility index (Phi) is 4.29. The van der Waals surface area contributed by atoms with Gasteiger partial charge in [0, 0.05) is 31.2 Å². The third kappa shape index (κ3) is 3.48. The third-order valence-corrected chi connectivity index (χ3v) is 4.74. The number of likely N-dealkylation sites (tertiary alicyclic amines) is 1. The van der Waals surface area contributed by atoms with E-state index in [1.165, 1.54) is 19.2 Å². The Morgan fingerprint density at radius 2 is 2.04 bits per heavy atom. The van der Waals surface area contributed by atoms with E-state index in [-0.39, 0.29) is 0 Å². The van der Waals surface area contributed by atoms with Crippen LogP contribution in [0.5, 0.6) is 5.88 Å². The van der Waals surface area contributed by atoms with Gasteiger partial charge in [0.15, 0.2) is 0 Å². The summed E-state index contributed by atoms with van der Waals surface area (Å²) in [6.07, 6.45) is 8.11. The Balaban J connectivity index is 1.29. The van der Waals surface area contributed by atoms with Crippen LogP contribution in [-0.2, 0) is 6.54 Å². The first kappa shape index (κ1) is 15.3. The Bertz CT molecular complexity index is 677. The van der Waals surface area contributed by atoms with Crippen LogP contribution in [0.15, 0.2) is 18.7 Å². The number of hydrogen-bond acceptors (Lipinski definition) is 7. The van der Waals surface area contributed by atoms with Gasteiger partial charge >= 0.3 is 0 Å². The van der Waals surface area contributed by atoms with Gasteiger partial charge in [-0.3, -0.25) is 4.90 Å². The molecule has 8 heteroatoms. The maximum Gasteiger partial charge on any atom is 0.218 e. The highest BCUT2D eigenvalue weighted by molar-refractivity contribution is 5.38. The molecule has 0 amide bonds. The van der Waals surface area contributed by atoms with E-state index in [2.05, 4.69) is 34.9 Å². The molecule has 0 aromatic carbocycles. The van der Waals surface area contributed by atoms with Crippen molar-refractivity contribution < 1.29 is 4.74 Å². The van der Waals surface area contributed by atoms with E-state index in [4.69, 9.17) is 4.74 Å². The minimum absolute atomic E-state index is 0.433. The zero-order valence-corrected chi connectivity index (χ0v) is 13.9. The summed E-state index contributed by atoms with van der Waals surface area (Å²) in [5.41, 5.74) is 0. The van der Waals surface area contributed by atoms with E-state index in [0.717, 1.165) is 44.1 Å². The lowest BCUT2D eigenvalue weighted by Crippen LogP contribution is -2.39. The van der Waals surface area contributed by atoms with Crippen LogP contribution in [0.1, 0.15) is 37.5 Å². The standard InChI is InChI=1S/C16H23N7O/c1-24-16-8-14(17-10-18-16)20-12-4-6-22(7-5-12)9-15-21-19-11-23(15)13-2-3-13/h8,10-13H,2-7,9H2,1H3,(H,17,18,20). The van der Waals surface area contributed by atoms with Crippen molar-refractivity contribution in [3.05, 3.63) is 24.5 Å². The minimum Gasteiger partial charge on any atom is -0.481 e. The monoisotopic (exact) mass is 329 g/mol. The first-order chi connectivity index (χ1) is 11.8. The van der Waals surface area contributed by atoms with Gasteiger partial charge in [0.2, 0.25) is 5.88 Å². The number of ether oxygens (including phenoxy) is 1. The molecule has 128 valence electrons. The number of aromatic nitrogens is 5. The summed E-state index contributed by atoms with van der Waals surface area (Å²) in [4.78, 5) is 10.8. The molecule has 4 rings (SSSR count). The zero-order valence-electron chi connectivity index (χ0n) is 13.9. The first-order valence-corrected chi connectivity index (χ1v) is 8.55. The normalized spacial score (nSPS) is 19.4. The van der Waals surface area contributed by atoms with Gasteiger partial charge in [0.05, 0.1) is 13.7 Å². The molecule has 2 aromatic heterocycles. The minimum atomic E-state index is 0.433. The molecule has 1 saturated carbocycles. The summed E-state index contributed by atoms with van der Waals surface area (Å²) in [6, 6.07) is 2.91. The summed E-state index contributed by atoms with van der Waals surface area (Å²) >= 11 is 0. The van der Waals surface area contributed by atoms with E-state index in [1.807, 2.05) is 12.4 Å². The predicted molar refractivity (Wildman–Crippen MR) is 88.8 cm³/mol. The second-order valence-corrected chi connectivity index (χ2v) is 6.53. The van der Waals surface area contributed by atoms with Crippen molar-refractivity contribution in [1.29, 1.82) is 0 Å². The lowest BCUT2D eigenvalue weighted by Gasteiger charge is -2.32. The van der Waals surface area contributed by atoms with Crippen LogP contribution in [0.25, 0.3) is 0 Å². The molecule has 3 heterocycles. The van der Waals surface area contributed by atoms with E-state index < -0.39 is 0 Å². The van der Waals surface area contributed by atoms with Gasteiger partial charge in [0.25, 0.3) is 0 Å². The lowest BCUT2D eigenvalue weighted by molar-refractivity contribution is 0.204. The van der Waals surface area contributed by atoms with Crippen molar-refractivity contribution >= 4 is 5.82 Å². The lowest BCUT2D eigenvalue weighted by atomic mass is 10.1. The van der Waals surface area contributed by atoms with Crippen LogP contribution in [0, 0.1) is 0 Å². The highest BCUT2D eigenvalue weighted by Crippen LogP contribution is 2.35. The molecule has 1 N–H and O–H groups in total. The molecule has 0 unspecified atom stereocenters. The fraction of sp³-hybridized carbons (Fsp3) is 0.625. The van der Waals surface area contributed by atoms with Gasteiger partial charge in [0.1, 0.15) is 24.3 Å². The molecule has 2 aliphatic rings. The van der Waals surface area contributed by atoms with Crippen molar-refractivity contribution in [3.8, 4) is 5.88 Å². The number of nitrogens with one attached hydrogen (secondary N) is 1. The molecule has 0 spiro atoms. The molecule has 1 saturated heterocycles. The second-order valence-electron chi connectivity index (χ2n) is 6.53. The predicted octanol–water partition coefficient (Wildman–Crippen LogP) is 1.49. The van der Waals surface area contributed by atoms with E-state index in [0.29, 0.717) is 18.0 Å². The van der Waals surface area contributed by atoms with Gasteiger partial charge in [-0.15, -0.1) is 10.2 Å². The zero-order chi connectivity index (χ0) is 16.4. The molecule has 1 aliphatic heterocycles. The summed E-state index contributed by atoms with van der Waals surface area (Å²) in [6.45, 7) is 3.00. The Morgan fingerprint density at radius 1 is 1.21 bits per heavy atom. The SMILES string of the molecule is COc1cc(NC2CCN(Cc3nncn3C3CC3)CC2)ncn1. The molecule has 2 fully saturated rings. The van der Waals surface area contributed by atoms with E-state index >= 15 is 0 Å².